The van der Waals surface area contributed by atoms with Crippen LogP contribution in [-0.4, -0.2) is 6.04 Å². The summed E-state index contributed by atoms with van der Waals surface area (Å²) in [4.78, 5) is 0. The molecule has 1 aromatic rings. The van der Waals surface area contributed by atoms with Gasteiger partial charge in [-0.2, -0.15) is 5.26 Å². The Hall–Kier alpha value is -1.37. The Morgan fingerprint density at radius 1 is 1.27 bits per heavy atom. The third-order valence-electron chi connectivity index (χ3n) is 2.99. The van der Waals surface area contributed by atoms with Crippen molar-refractivity contribution in [1.82, 2.24) is 10.9 Å². The highest BCUT2D eigenvalue weighted by molar-refractivity contribution is 5.32. The van der Waals surface area contributed by atoms with Crippen LogP contribution in [0.15, 0.2) is 18.2 Å². The summed E-state index contributed by atoms with van der Waals surface area (Å²) in [5.74, 6) is 0. The second-order valence-electron chi connectivity index (χ2n) is 4.10. The van der Waals surface area contributed by atoms with Crippen molar-refractivity contribution in [2.24, 2.45) is 0 Å². The zero-order chi connectivity index (χ0) is 10.8. The number of hydrogen-bond donors (Lipinski definition) is 2. The molecule has 2 N–H and O–H groups in total. The number of hydrogen-bond acceptors (Lipinski definition) is 3. The Labute approximate surface area is 90.1 Å². The lowest BCUT2D eigenvalue weighted by atomic mass is 9.98. The van der Waals surface area contributed by atoms with E-state index in [1.54, 1.807) is 0 Å². The van der Waals surface area contributed by atoms with E-state index in [0.717, 1.165) is 6.42 Å². The molecule has 1 aliphatic rings. The van der Waals surface area contributed by atoms with E-state index in [1.807, 2.05) is 0 Å². The van der Waals surface area contributed by atoms with Crippen molar-refractivity contribution >= 4 is 0 Å². The molecular weight excluding hydrogens is 186 g/mol. The molecule has 15 heavy (non-hydrogen) atoms. The lowest BCUT2D eigenvalue weighted by molar-refractivity contribution is 0.572. The summed E-state index contributed by atoms with van der Waals surface area (Å²) in [6.45, 7) is 4.22. The third-order valence-corrected chi connectivity index (χ3v) is 2.99. The van der Waals surface area contributed by atoms with E-state index in [2.05, 4.69) is 49.0 Å². The molecule has 0 aliphatic carbocycles. The van der Waals surface area contributed by atoms with Gasteiger partial charge < -0.3 is 0 Å². The van der Waals surface area contributed by atoms with E-state index in [-0.39, 0.29) is 12.1 Å². The Morgan fingerprint density at radius 3 is 2.67 bits per heavy atom. The number of nitrogens with zero attached hydrogens (tertiary/aromatic N) is 1. The minimum absolute atomic E-state index is 0.0726. The lowest BCUT2D eigenvalue weighted by Crippen LogP contribution is -2.29. The van der Waals surface area contributed by atoms with Crippen LogP contribution >= 0.6 is 0 Å². The van der Waals surface area contributed by atoms with Crippen molar-refractivity contribution < 1.29 is 0 Å². The van der Waals surface area contributed by atoms with Gasteiger partial charge in [-0.1, -0.05) is 18.2 Å². The molecule has 0 aromatic heterocycles. The van der Waals surface area contributed by atoms with Crippen molar-refractivity contribution in [1.29, 1.82) is 5.26 Å². The van der Waals surface area contributed by atoms with Crippen molar-refractivity contribution in [2.45, 2.75) is 32.4 Å². The molecule has 0 spiro atoms. The summed E-state index contributed by atoms with van der Waals surface area (Å²) in [5.41, 5.74) is 9.99. The molecule has 1 fully saturated rings. The maximum atomic E-state index is 8.78. The first kappa shape index (κ1) is 10.2. The normalized spacial score (nSPS) is 25.1. The van der Waals surface area contributed by atoms with Crippen molar-refractivity contribution in [3.8, 4) is 6.07 Å². The van der Waals surface area contributed by atoms with Crippen LogP contribution in [0.4, 0.5) is 0 Å². The first-order valence-corrected chi connectivity index (χ1v) is 5.18. The van der Waals surface area contributed by atoms with Gasteiger partial charge in [0.1, 0.15) is 6.04 Å². The summed E-state index contributed by atoms with van der Waals surface area (Å²) in [5, 5.41) is 8.78. The molecule has 3 nitrogen and oxygen atoms in total. The van der Waals surface area contributed by atoms with Crippen LogP contribution in [0.2, 0.25) is 0 Å². The highest BCUT2D eigenvalue weighted by Crippen LogP contribution is 2.23. The van der Waals surface area contributed by atoms with Gasteiger partial charge in [0.15, 0.2) is 0 Å². The highest BCUT2D eigenvalue weighted by Gasteiger charge is 2.24. The molecule has 1 aromatic carbocycles. The van der Waals surface area contributed by atoms with Gasteiger partial charge in [-0.25, -0.2) is 10.9 Å². The molecule has 2 rings (SSSR count). The SMILES string of the molecule is Cc1ccc(C2CC(C#N)NN2)cc1C. The number of aryl methyl sites for hydroxylation is 2. The Kier molecular flexibility index (Phi) is 2.72. The maximum absolute atomic E-state index is 8.78. The zero-order valence-corrected chi connectivity index (χ0v) is 9.04. The molecule has 2 unspecified atom stereocenters. The number of nitriles is 1. The fourth-order valence-corrected chi connectivity index (χ4v) is 1.84. The van der Waals surface area contributed by atoms with Gasteiger partial charge in [-0.15, -0.1) is 0 Å². The van der Waals surface area contributed by atoms with E-state index >= 15 is 0 Å². The number of hydrazine groups is 1. The van der Waals surface area contributed by atoms with Crippen LogP contribution < -0.4 is 10.9 Å². The topological polar surface area (TPSA) is 47.9 Å². The molecular formula is C12H15N3. The summed E-state index contributed by atoms with van der Waals surface area (Å²) in [6, 6.07) is 8.85. The maximum Gasteiger partial charge on any atom is 0.110 e. The number of rotatable bonds is 1. The van der Waals surface area contributed by atoms with E-state index in [1.165, 1.54) is 16.7 Å². The van der Waals surface area contributed by atoms with Gasteiger partial charge in [0.25, 0.3) is 0 Å². The molecule has 1 aliphatic heterocycles. The Bertz CT molecular complexity index is 406. The summed E-state index contributed by atoms with van der Waals surface area (Å²) < 4.78 is 0. The van der Waals surface area contributed by atoms with Crippen LogP contribution in [-0.2, 0) is 0 Å². The molecule has 0 bridgehead atoms. The van der Waals surface area contributed by atoms with Gasteiger partial charge in [-0.05, 0) is 37.0 Å². The fraction of sp³-hybridized carbons (Fsp3) is 0.417. The molecule has 0 amide bonds. The van der Waals surface area contributed by atoms with E-state index in [0.29, 0.717) is 0 Å². The largest absolute Gasteiger partial charge is 0.249 e. The first-order valence-electron chi connectivity index (χ1n) is 5.18. The number of benzene rings is 1. The van der Waals surface area contributed by atoms with Crippen LogP contribution in [0.1, 0.15) is 29.2 Å². The second kappa shape index (κ2) is 4.01. The van der Waals surface area contributed by atoms with Crippen LogP contribution in [0.3, 0.4) is 0 Å². The summed E-state index contributed by atoms with van der Waals surface area (Å²) >= 11 is 0. The van der Waals surface area contributed by atoms with Crippen LogP contribution in [0.25, 0.3) is 0 Å². The quantitative estimate of drug-likeness (QED) is 0.727. The van der Waals surface area contributed by atoms with Gasteiger partial charge >= 0.3 is 0 Å². The molecule has 78 valence electrons. The molecule has 2 atom stereocenters. The number of nitrogens with one attached hydrogen (secondary N) is 2. The summed E-state index contributed by atoms with van der Waals surface area (Å²) in [7, 11) is 0. The first-order chi connectivity index (χ1) is 7.20. The van der Waals surface area contributed by atoms with Crippen LogP contribution in [0, 0.1) is 25.2 Å². The minimum Gasteiger partial charge on any atom is -0.249 e. The smallest absolute Gasteiger partial charge is 0.110 e. The van der Waals surface area contributed by atoms with E-state index in [4.69, 9.17) is 5.26 Å². The average Bonchev–Trinajstić information content (AvgIpc) is 2.70. The predicted molar refractivity (Wildman–Crippen MR) is 58.9 cm³/mol. The molecule has 0 saturated carbocycles. The molecule has 1 heterocycles. The lowest BCUT2D eigenvalue weighted by Gasteiger charge is -2.11. The average molecular weight is 201 g/mol. The molecule has 0 radical (unpaired) electrons. The van der Waals surface area contributed by atoms with Gasteiger partial charge in [0.05, 0.1) is 6.07 Å². The summed E-state index contributed by atoms with van der Waals surface area (Å²) in [6.07, 6.45) is 0.832. The van der Waals surface area contributed by atoms with Gasteiger partial charge in [0.2, 0.25) is 0 Å². The predicted octanol–water partition coefficient (Wildman–Crippen LogP) is 1.73. The van der Waals surface area contributed by atoms with Crippen molar-refractivity contribution in [3.05, 3.63) is 34.9 Å². The fourth-order valence-electron chi connectivity index (χ4n) is 1.84. The van der Waals surface area contributed by atoms with Gasteiger partial charge in [-0.3, -0.25) is 0 Å². The molecule has 1 saturated heterocycles. The highest BCUT2D eigenvalue weighted by atomic mass is 15.4. The van der Waals surface area contributed by atoms with E-state index < -0.39 is 0 Å². The third kappa shape index (κ3) is 2.01. The van der Waals surface area contributed by atoms with Gasteiger partial charge in [0, 0.05) is 6.04 Å². The Balaban J connectivity index is 2.18. The van der Waals surface area contributed by atoms with Crippen molar-refractivity contribution in [2.75, 3.05) is 0 Å². The van der Waals surface area contributed by atoms with E-state index in [9.17, 15) is 0 Å². The minimum atomic E-state index is -0.0726. The van der Waals surface area contributed by atoms with Crippen molar-refractivity contribution in [3.63, 3.8) is 0 Å². The Morgan fingerprint density at radius 2 is 2.07 bits per heavy atom. The standard InChI is InChI=1S/C12H15N3/c1-8-3-4-10(5-9(8)2)12-6-11(7-13)14-15-12/h3-5,11-12,14-15H,6H2,1-2H3. The van der Waals surface area contributed by atoms with Crippen LogP contribution in [0.5, 0.6) is 0 Å². The monoisotopic (exact) mass is 201 g/mol. The zero-order valence-electron chi connectivity index (χ0n) is 9.04. The second-order valence-corrected chi connectivity index (χ2v) is 4.10. The molecule has 3 heteroatoms.